The summed E-state index contributed by atoms with van der Waals surface area (Å²) in [6.07, 6.45) is 0. The minimum atomic E-state index is -0.451. The summed E-state index contributed by atoms with van der Waals surface area (Å²) in [7, 11) is 0. The van der Waals surface area contributed by atoms with E-state index in [0.29, 0.717) is 43.6 Å². The molecule has 2 rings (SSSR count). The molecule has 0 radical (unpaired) electrons. The summed E-state index contributed by atoms with van der Waals surface area (Å²) < 4.78 is 5.52. The molecule has 0 bridgehead atoms. The fourth-order valence-electron chi connectivity index (χ4n) is 2.06. The number of halogens is 1. The Balaban J connectivity index is 1.83. The van der Waals surface area contributed by atoms with Crippen molar-refractivity contribution in [2.45, 2.75) is 6.92 Å². The van der Waals surface area contributed by atoms with E-state index in [2.05, 4.69) is 0 Å². The first-order valence-corrected chi connectivity index (χ1v) is 6.96. The molecule has 0 aliphatic carbocycles. The molecule has 1 saturated heterocycles. The highest BCUT2D eigenvalue weighted by Crippen LogP contribution is 2.17. The number of hydrogen-bond acceptors (Lipinski definition) is 3. The molecule has 5 nitrogen and oxygen atoms in total. The largest absolute Gasteiger partial charge is 0.492 e. The number of hydrogen-bond donors (Lipinski definition) is 0. The summed E-state index contributed by atoms with van der Waals surface area (Å²) in [6.45, 7) is 4.30. The summed E-state index contributed by atoms with van der Waals surface area (Å²) >= 11 is 5.85. The van der Waals surface area contributed by atoms with Crippen molar-refractivity contribution >= 4 is 23.4 Å². The fourth-order valence-corrected chi connectivity index (χ4v) is 2.24. The van der Waals surface area contributed by atoms with Gasteiger partial charge in [0.25, 0.3) is 0 Å². The van der Waals surface area contributed by atoms with Crippen LogP contribution in [0.2, 0.25) is 5.02 Å². The lowest BCUT2D eigenvalue weighted by atomic mass is 10.3. The maximum absolute atomic E-state index is 11.8. The van der Waals surface area contributed by atoms with Gasteiger partial charge >= 0.3 is 11.8 Å². The first kappa shape index (κ1) is 14.7. The number of rotatable bonds is 5. The average Bonchev–Trinajstić information content (AvgIpc) is 2.44. The topological polar surface area (TPSA) is 49.9 Å². The molecule has 108 valence electrons. The highest BCUT2D eigenvalue weighted by molar-refractivity contribution is 6.35. The number of nitrogens with zero attached hydrogens (tertiary/aromatic N) is 2. The standard InChI is InChI=1S/C14H17ClN2O3/c1-2-16-6-7-17(14(19)13(16)18)8-9-20-12-5-3-4-11(15)10-12/h3-5,10H,2,6-9H2,1H3. The highest BCUT2D eigenvalue weighted by Gasteiger charge is 2.31. The van der Waals surface area contributed by atoms with E-state index in [4.69, 9.17) is 16.3 Å². The summed E-state index contributed by atoms with van der Waals surface area (Å²) in [6, 6.07) is 7.07. The van der Waals surface area contributed by atoms with Crippen LogP contribution in [0.5, 0.6) is 5.75 Å². The zero-order valence-electron chi connectivity index (χ0n) is 11.3. The smallest absolute Gasteiger partial charge is 0.312 e. The Kier molecular flexibility index (Phi) is 4.84. The number of amides is 2. The molecule has 1 aliphatic heterocycles. The maximum atomic E-state index is 11.8. The summed E-state index contributed by atoms with van der Waals surface area (Å²) in [4.78, 5) is 26.6. The predicted octanol–water partition coefficient (Wildman–Crippen LogP) is 1.41. The lowest BCUT2D eigenvalue weighted by Crippen LogP contribution is -2.54. The van der Waals surface area contributed by atoms with E-state index in [9.17, 15) is 9.59 Å². The molecule has 1 heterocycles. The van der Waals surface area contributed by atoms with Crippen molar-refractivity contribution in [3.63, 3.8) is 0 Å². The number of piperazine rings is 1. The highest BCUT2D eigenvalue weighted by atomic mass is 35.5. The molecule has 0 aromatic heterocycles. The van der Waals surface area contributed by atoms with Crippen molar-refractivity contribution < 1.29 is 14.3 Å². The molecule has 1 aromatic carbocycles. The molecule has 0 unspecified atom stereocenters. The Morgan fingerprint density at radius 1 is 1.20 bits per heavy atom. The van der Waals surface area contributed by atoms with Crippen LogP contribution < -0.4 is 4.74 Å². The van der Waals surface area contributed by atoms with Crippen molar-refractivity contribution in [3.05, 3.63) is 29.3 Å². The Bertz CT molecular complexity index is 507. The quantitative estimate of drug-likeness (QED) is 0.772. The molecule has 1 fully saturated rings. The molecule has 0 spiro atoms. The second kappa shape index (κ2) is 6.61. The second-order valence-electron chi connectivity index (χ2n) is 4.48. The van der Waals surface area contributed by atoms with E-state index in [0.717, 1.165) is 0 Å². The number of benzene rings is 1. The van der Waals surface area contributed by atoms with Crippen LogP contribution in [0.1, 0.15) is 6.92 Å². The molecule has 0 N–H and O–H groups in total. The van der Waals surface area contributed by atoms with Crippen LogP contribution in [0.15, 0.2) is 24.3 Å². The van der Waals surface area contributed by atoms with Crippen molar-refractivity contribution in [1.29, 1.82) is 0 Å². The first-order valence-electron chi connectivity index (χ1n) is 6.58. The van der Waals surface area contributed by atoms with Gasteiger partial charge in [-0.25, -0.2) is 0 Å². The molecular weight excluding hydrogens is 280 g/mol. The third kappa shape index (κ3) is 3.42. The van der Waals surface area contributed by atoms with Gasteiger partial charge in [-0.1, -0.05) is 17.7 Å². The van der Waals surface area contributed by atoms with E-state index >= 15 is 0 Å². The lowest BCUT2D eigenvalue weighted by molar-refractivity contribution is -0.156. The average molecular weight is 297 g/mol. The summed E-state index contributed by atoms with van der Waals surface area (Å²) in [5.41, 5.74) is 0. The number of likely N-dealkylation sites (N-methyl/N-ethyl adjacent to an activating group) is 1. The van der Waals surface area contributed by atoms with E-state index in [1.54, 1.807) is 29.2 Å². The predicted molar refractivity (Wildman–Crippen MR) is 75.8 cm³/mol. The van der Waals surface area contributed by atoms with Crippen LogP contribution >= 0.6 is 11.6 Å². The third-order valence-corrected chi connectivity index (χ3v) is 3.44. The van der Waals surface area contributed by atoms with Crippen LogP contribution in [-0.2, 0) is 9.59 Å². The number of carbonyl (C=O) groups is 2. The van der Waals surface area contributed by atoms with Gasteiger partial charge in [0.2, 0.25) is 0 Å². The third-order valence-electron chi connectivity index (χ3n) is 3.20. The van der Waals surface area contributed by atoms with Gasteiger partial charge in [-0.05, 0) is 25.1 Å². The Hall–Kier alpha value is -1.75. The van der Waals surface area contributed by atoms with Gasteiger partial charge < -0.3 is 14.5 Å². The minimum Gasteiger partial charge on any atom is -0.492 e. The van der Waals surface area contributed by atoms with E-state index in [-0.39, 0.29) is 0 Å². The van der Waals surface area contributed by atoms with Crippen molar-refractivity contribution in [2.24, 2.45) is 0 Å². The Labute approximate surface area is 123 Å². The van der Waals surface area contributed by atoms with Crippen molar-refractivity contribution in [2.75, 3.05) is 32.8 Å². The molecule has 0 saturated carbocycles. The Morgan fingerprint density at radius 2 is 1.90 bits per heavy atom. The number of ether oxygens (including phenoxy) is 1. The van der Waals surface area contributed by atoms with Crippen LogP contribution in [0.3, 0.4) is 0 Å². The van der Waals surface area contributed by atoms with Crippen LogP contribution in [0.4, 0.5) is 0 Å². The summed E-state index contributed by atoms with van der Waals surface area (Å²) in [5, 5.41) is 0.602. The van der Waals surface area contributed by atoms with Gasteiger partial charge in [0.05, 0.1) is 6.54 Å². The van der Waals surface area contributed by atoms with Crippen LogP contribution in [0.25, 0.3) is 0 Å². The van der Waals surface area contributed by atoms with E-state index in [1.165, 1.54) is 4.90 Å². The monoisotopic (exact) mass is 296 g/mol. The fraction of sp³-hybridized carbons (Fsp3) is 0.429. The molecule has 1 aromatic rings. The van der Waals surface area contributed by atoms with Crippen LogP contribution in [-0.4, -0.2) is 54.4 Å². The van der Waals surface area contributed by atoms with Crippen molar-refractivity contribution in [1.82, 2.24) is 9.80 Å². The number of carbonyl (C=O) groups excluding carboxylic acids is 2. The van der Waals surface area contributed by atoms with Gasteiger partial charge in [0, 0.05) is 24.7 Å². The minimum absolute atomic E-state index is 0.339. The molecular formula is C14H17ClN2O3. The van der Waals surface area contributed by atoms with Gasteiger partial charge in [0.1, 0.15) is 12.4 Å². The molecule has 20 heavy (non-hydrogen) atoms. The van der Waals surface area contributed by atoms with Gasteiger partial charge in [-0.3, -0.25) is 9.59 Å². The van der Waals surface area contributed by atoms with Gasteiger partial charge in [-0.2, -0.15) is 0 Å². The zero-order chi connectivity index (χ0) is 14.5. The van der Waals surface area contributed by atoms with E-state index < -0.39 is 11.8 Å². The van der Waals surface area contributed by atoms with Crippen molar-refractivity contribution in [3.8, 4) is 5.75 Å². The first-order chi connectivity index (χ1) is 9.61. The summed E-state index contributed by atoms with van der Waals surface area (Å²) in [5.74, 6) is -0.224. The SMILES string of the molecule is CCN1CCN(CCOc2cccc(Cl)c2)C(=O)C1=O. The second-order valence-corrected chi connectivity index (χ2v) is 4.92. The molecule has 6 heteroatoms. The van der Waals surface area contributed by atoms with Gasteiger partial charge in [-0.15, -0.1) is 0 Å². The molecule has 2 amide bonds. The van der Waals surface area contributed by atoms with E-state index in [1.807, 2.05) is 6.92 Å². The normalized spacial score (nSPS) is 15.7. The van der Waals surface area contributed by atoms with Gasteiger partial charge in [0.15, 0.2) is 0 Å². The Morgan fingerprint density at radius 3 is 2.60 bits per heavy atom. The van der Waals surface area contributed by atoms with Crippen LogP contribution in [0, 0.1) is 0 Å². The lowest BCUT2D eigenvalue weighted by Gasteiger charge is -2.32. The molecule has 0 atom stereocenters. The zero-order valence-corrected chi connectivity index (χ0v) is 12.1. The maximum Gasteiger partial charge on any atom is 0.312 e. The molecule has 1 aliphatic rings.